The molecule has 3 aromatic rings. The molecule has 0 atom stereocenters. The standard InChI is InChI=1S/C12H10N6O2S2/c13-18-10(20)5-14-17-12(18)21-6-9(19)16-11-15-7-3-1-2-4-8(7)22-11/h1-5H,6,13H2,(H,15,16,19). The highest BCUT2D eigenvalue weighted by molar-refractivity contribution is 7.99. The summed E-state index contributed by atoms with van der Waals surface area (Å²) >= 11 is 2.42. The molecular formula is C12H10N6O2S2. The molecule has 0 aliphatic rings. The Kier molecular flexibility index (Phi) is 4.02. The topological polar surface area (TPSA) is 116 Å². The summed E-state index contributed by atoms with van der Waals surface area (Å²) in [6.45, 7) is 0. The van der Waals surface area contributed by atoms with Gasteiger partial charge in [-0.1, -0.05) is 35.2 Å². The molecule has 3 rings (SSSR count). The zero-order valence-electron chi connectivity index (χ0n) is 11.1. The normalized spacial score (nSPS) is 10.7. The second-order valence-electron chi connectivity index (χ2n) is 4.16. The van der Waals surface area contributed by atoms with Crippen LogP contribution in [0.25, 0.3) is 10.2 Å². The molecule has 0 radical (unpaired) electrons. The lowest BCUT2D eigenvalue weighted by Crippen LogP contribution is -2.30. The van der Waals surface area contributed by atoms with E-state index in [0.29, 0.717) is 5.13 Å². The molecule has 2 aromatic heterocycles. The van der Waals surface area contributed by atoms with Gasteiger partial charge >= 0.3 is 0 Å². The summed E-state index contributed by atoms with van der Waals surface area (Å²) in [4.78, 5) is 27.5. The van der Waals surface area contributed by atoms with E-state index in [1.54, 1.807) is 0 Å². The number of nitrogens with one attached hydrogen (secondary N) is 1. The van der Waals surface area contributed by atoms with Crippen LogP contribution in [0.2, 0.25) is 0 Å². The third kappa shape index (κ3) is 3.07. The minimum atomic E-state index is -0.482. The molecule has 0 spiro atoms. The Labute approximate surface area is 132 Å². The minimum absolute atomic E-state index is 0.0469. The molecule has 1 aromatic carbocycles. The number of nitrogens with zero attached hydrogens (tertiary/aromatic N) is 4. The fourth-order valence-electron chi connectivity index (χ4n) is 1.64. The number of amides is 1. The van der Waals surface area contributed by atoms with Crippen molar-refractivity contribution < 1.29 is 4.79 Å². The lowest BCUT2D eigenvalue weighted by atomic mass is 10.3. The maximum absolute atomic E-state index is 11.9. The quantitative estimate of drug-likeness (QED) is 0.533. The predicted molar refractivity (Wildman–Crippen MR) is 85.4 cm³/mol. The average Bonchev–Trinajstić information content (AvgIpc) is 2.91. The number of carbonyl (C=O) groups is 1. The molecule has 0 saturated carbocycles. The third-order valence-corrected chi connectivity index (χ3v) is 4.52. The van der Waals surface area contributed by atoms with Crippen LogP contribution >= 0.6 is 23.1 Å². The zero-order chi connectivity index (χ0) is 15.5. The molecule has 0 fully saturated rings. The van der Waals surface area contributed by atoms with Gasteiger partial charge in [-0.2, -0.15) is 9.77 Å². The molecule has 112 valence electrons. The van der Waals surface area contributed by atoms with Crippen LogP contribution in [0, 0.1) is 0 Å². The van der Waals surface area contributed by atoms with E-state index in [-0.39, 0.29) is 16.8 Å². The number of carbonyl (C=O) groups excluding carboxylic acids is 1. The van der Waals surface area contributed by atoms with E-state index in [1.165, 1.54) is 11.3 Å². The lowest BCUT2D eigenvalue weighted by Gasteiger charge is -2.04. The van der Waals surface area contributed by atoms with Gasteiger partial charge in [-0.15, -0.1) is 5.10 Å². The van der Waals surface area contributed by atoms with Gasteiger partial charge in [0.05, 0.1) is 16.0 Å². The van der Waals surface area contributed by atoms with Crippen molar-refractivity contribution in [3.05, 3.63) is 40.8 Å². The molecular weight excluding hydrogens is 324 g/mol. The van der Waals surface area contributed by atoms with Crippen LogP contribution < -0.4 is 16.7 Å². The Morgan fingerprint density at radius 1 is 1.41 bits per heavy atom. The highest BCUT2D eigenvalue weighted by Gasteiger charge is 2.10. The molecule has 0 aliphatic heterocycles. The van der Waals surface area contributed by atoms with Crippen LogP contribution in [0.4, 0.5) is 5.13 Å². The molecule has 2 heterocycles. The van der Waals surface area contributed by atoms with Crippen LogP contribution in [-0.2, 0) is 4.79 Å². The minimum Gasteiger partial charge on any atom is -0.334 e. The molecule has 0 unspecified atom stereocenters. The Morgan fingerprint density at radius 3 is 3.05 bits per heavy atom. The number of benzene rings is 1. The summed E-state index contributed by atoms with van der Waals surface area (Å²) in [6, 6.07) is 7.61. The van der Waals surface area contributed by atoms with Crippen molar-refractivity contribution in [2.75, 3.05) is 16.9 Å². The number of rotatable bonds is 4. The highest BCUT2D eigenvalue weighted by Crippen LogP contribution is 2.25. The summed E-state index contributed by atoms with van der Waals surface area (Å²) < 4.78 is 1.85. The fourth-order valence-corrected chi connectivity index (χ4v) is 3.19. The Bertz CT molecular complexity index is 857. The van der Waals surface area contributed by atoms with Gasteiger partial charge < -0.3 is 11.2 Å². The Morgan fingerprint density at radius 2 is 2.23 bits per heavy atom. The fraction of sp³-hybridized carbons (Fsp3) is 0.0833. The number of hydrogen-bond donors (Lipinski definition) is 2. The second kappa shape index (κ2) is 6.12. The first kappa shape index (κ1) is 14.5. The van der Waals surface area contributed by atoms with Crippen molar-refractivity contribution in [2.45, 2.75) is 5.16 Å². The van der Waals surface area contributed by atoms with Gasteiger partial charge in [-0.05, 0) is 12.1 Å². The van der Waals surface area contributed by atoms with Crippen molar-refractivity contribution in [3.63, 3.8) is 0 Å². The molecule has 0 bridgehead atoms. The average molecular weight is 334 g/mol. The van der Waals surface area contributed by atoms with E-state index in [1.807, 2.05) is 24.3 Å². The largest absolute Gasteiger partial charge is 0.334 e. The number of nitrogens with two attached hydrogens (primary N) is 1. The molecule has 0 saturated heterocycles. The maximum atomic E-state index is 11.9. The monoisotopic (exact) mass is 334 g/mol. The predicted octanol–water partition coefficient (Wildman–Crippen LogP) is 0.693. The van der Waals surface area contributed by atoms with Gasteiger partial charge in [0.15, 0.2) is 5.13 Å². The van der Waals surface area contributed by atoms with Crippen LogP contribution in [-0.4, -0.2) is 31.5 Å². The number of thioether (sulfide) groups is 1. The van der Waals surface area contributed by atoms with E-state index in [2.05, 4.69) is 20.5 Å². The molecule has 3 N–H and O–H groups in total. The van der Waals surface area contributed by atoms with E-state index in [9.17, 15) is 9.59 Å². The number of hydrogen-bond acceptors (Lipinski definition) is 8. The summed E-state index contributed by atoms with van der Waals surface area (Å²) in [5.41, 5.74) is 0.351. The van der Waals surface area contributed by atoms with E-state index < -0.39 is 5.56 Å². The first-order valence-corrected chi connectivity index (χ1v) is 7.92. The smallest absolute Gasteiger partial charge is 0.291 e. The number of para-hydroxylation sites is 1. The SMILES string of the molecule is Nn1c(SCC(=O)Nc2nc3ccccc3s2)nncc1=O. The lowest BCUT2D eigenvalue weighted by molar-refractivity contribution is -0.113. The van der Waals surface area contributed by atoms with Gasteiger partial charge in [0.2, 0.25) is 11.1 Å². The van der Waals surface area contributed by atoms with E-state index in [0.717, 1.165) is 32.9 Å². The van der Waals surface area contributed by atoms with Gasteiger partial charge in [0.25, 0.3) is 5.56 Å². The first-order chi connectivity index (χ1) is 10.6. The maximum Gasteiger partial charge on any atom is 0.291 e. The number of nitrogen functional groups attached to an aromatic ring is 1. The van der Waals surface area contributed by atoms with Crippen molar-refractivity contribution in [2.24, 2.45) is 0 Å². The number of anilines is 1. The molecule has 8 nitrogen and oxygen atoms in total. The Balaban J connectivity index is 1.65. The van der Waals surface area contributed by atoms with Crippen molar-refractivity contribution in [3.8, 4) is 0 Å². The van der Waals surface area contributed by atoms with Crippen LogP contribution in [0.5, 0.6) is 0 Å². The van der Waals surface area contributed by atoms with Crippen LogP contribution in [0.1, 0.15) is 0 Å². The molecule has 1 amide bonds. The Hall–Kier alpha value is -2.46. The molecule has 10 heteroatoms. The highest BCUT2D eigenvalue weighted by atomic mass is 32.2. The van der Waals surface area contributed by atoms with Gasteiger partial charge in [-0.3, -0.25) is 9.59 Å². The number of fused-ring (bicyclic) bond motifs is 1. The van der Waals surface area contributed by atoms with Gasteiger partial charge in [0.1, 0.15) is 6.20 Å². The summed E-state index contributed by atoms with van der Waals surface area (Å²) in [7, 11) is 0. The number of aromatic nitrogens is 4. The van der Waals surface area contributed by atoms with E-state index >= 15 is 0 Å². The van der Waals surface area contributed by atoms with Gasteiger partial charge in [-0.25, -0.2) is 4.98 Å². The second-order valence-corrected chi connectivity index (χ2v) is 6.13. The van der Waals surface area contributed by atoms with Crippen LogP contribution in [0.15, 0.2) is 40.4 Å². The summed E-state index contributed by atoms with van der Waals surface area (Å²) in [5, 5.41) is 10.6. The van der Waals surface area contributed by atoms with Crippen molar-refractivity contribution >= 4 is 44.4 Å². The van der Waals surface area contributed by atoms with Crippen molar-refractivity contribution in [1.29, 1.82) is 0 Å². The third-order valence-electron chi connectivity index (χ3n) is 2.63. The van der Waals surface area contributed by atoms with Crippen LogP contribution in [0.3, 0.4) is 0 Å². The van der Waals surface area contributed by atoms with E-state index in [4.69, 9.17) is 5.84 Å². The first-order valence-electron chi connectivity index (χ1n) is 6.11. The zero-order valence-corrected chi connectivity index (χ0v) is 12.7. The number of thiazole rings is 1. The van der Waals surface area contributed by atoms with Gasteiger partial charge in [0, 0.05) is 0 Å². The summed E-state index contributed by atoms with van der Waals surface area (Å²) in [5.74, 6) is 5.30. The summed E-state index contributed by atoms with van der Waals surface area (Å²) in [6.07, 6.45) is 1.01. The van der Waals surface area contributed by atoms with Crippen molar-refractivity contribution in [1.82, 2.24) is 19.9 Å². The molecule has 0 aliphatic carbocycles. The molecule has 22 heavy (non-hydrogen) atoms.